The molecule has 2 aromatic carbocycles. The van der Waals surface area contributed by atoms with Crippen molar-refractivity contribution in [2.45, 2.75) is 51.9 Å². The summed E-state index contributed by atoms with van der Waals surface area (Å²) in [5.74, 6) is 1.70. The third kappa shape index (κ3) is 5.80. The summed E-state index contributed by atoms with van der Waals surface area (Å²) in [6.07, 6.45) is 7.92. The molecule has 1 saturated carbocycles. The number of pyridine rings is 2. The van der Waals surface area contributed by atoms with E-state index in [0.717, 1.165) is 72.9 Å². The van der Waals surface area contributed by atoms with Gasteiger partial charge >= 0.3 is 0 Å². The lowest BCUT2D eigenvalue weighted by molar-refractivity contribution is -0.132. The van der Waals surface area contributed by atoms with Crippen molar-refractivity contribution in [2.24, 2.45) is 5.92 Å². The number of aromatic nitrogens is 3. The van der Waals surface area contributed by atoms with Gasteiger partial charge in [0.05, 0.1) is 36.0 Å². The molecule has 2 bridgehead atoms. The van der Waals surface area contributed by atoms with E-state index >= 15 is 0 Å². The van der Waals surface area contributed by atoms with Gasteiger partial charge in [-0.3, -0.25) is 14.7 Å². The Kier molecular flexibility index (Phi) is 7.96. The Balaban J connectivity index is 1.03. The number of amides is 1. The molecule has 2 fully saturated rings. The number of likely N-dealkylation sites (N-methyl/N-ethyl adjacent to an activating group) is 1. The number of halogens is 1. The van der Waals surface area contributed by atoms with Gasteiger partial charge < -0.3 is 15.1 Å². The van der Waals surface area contributed by atoms with Gasteiger partial charge in [-0.05, 0) is 81.1 Å². The van der Waals surface area contributed by atoms with Crippen molar-refractivity contribution in [1.29, 1.82) is 0 Å². The summed E-state index contributed by atoms with van der Waals surface area (Å²) in [5.41, 5.74) is 8.05. The summed E-state index contributed by atoms with van der Waals surface area (Å²) in [6, 6.07) is 17.4. The van der Waals surface area contributed by atoms with Crippen molar-refractivity contribution in [2.75, 3.05) is 32.5 Å². The van der Waals surface area contributed by atoms with Crippen LogP contribution in [0.25, 0.3) is 32.6 Å². The first kappa shape index (κ1) is 30.4. The van der Waals surface area contributed by atoms with E-state index in [4.69, 9.17) is 21.6 Å². The minimum Gasteiger partial charge on any atom is -0.337 e. The van der Waals surface area contributed by atoms with Gasteiger partial charge in [-0.1, -0.05) is 41.9 Å². The van der Waals surface area contributed by atoms with Crippen molar-refractivity contribution < 1.29 is 4.79 Å². The number of thiazole rings is 1. The van der Waals surface area contributed by atoms with E-state index in [1.165, 1.54) is 31.4 Å². The van der Waals surface area contributed by atoms with E-state index in [1.807, 2.05) is 54.5 Å². The fourth-order valence-corrected chi connectivity index (χ4v) is 9.01. The Hall–Kier alpha value is -3.89. The van der Waals surface area contributed by atoms with Gasteiger partial charge in [0.25, 0.3) is 0 Å². The minimum absolute atomic E-state index is 0.131. The molecule has 240 valence electrons. The zero-order valence-electron chi connectivity index (χ0n) is 27.0. The van der Waals surface area contributed by atoms with Crippen LogP contribution in [-0.4, -0.2) is 68.8 Å². The van der Waals surface area contributed by atoms with Crippen LogP contribution in [0.4, 0.5) is 11.5 Å². The first-order chi connectivity index (χ1) is 22.8. The van der Waals surface area contributed by atoms with Gasteiger partial charge in [-0.25, -0.2) is 9.97 Å². The molecule has 5 aromatic rings. The zero-order valence-corrected chi connectivity index (χ0v) is 28.5. The molecule has 1 amide bonds. The van der Waals surface area contributed by atoms with E-state index in [2.05, 4.69) is 52.5 Å². The maximum Gasteiger partial charge on any atom is 0.237 e. The van der Waals surface area contributed by atoms with Gasteiger partial charge in [0, 0.05) is 52.9 Å². The molecule has 2 aliphatic heterocycles. The largest absolute Gasteiger partial charge is 0.337 e. The number of piperidine rings is 1. The normalized spacial score (nSPS) is 18.9. The predicted molar refractivity (Wildman–Crippen MR) is 190 cm³/mol. The average Bonchev–Trinajstić information content (AvgIpc) is 3.84. The first-order valence-corrected chi connectivity index (χ1v) is 17.5. The number of anilines is 2. The second-order valence-electron chi connectivity index (χ2n) is 13.5. The molecule has 2 atom stereocenters. The molecule has 0 radical (unpaired) electrons. The lowest BCUT2D eigenvalue weighted by atomic mass is 9.96. The molecule has 2 unspecified atom stereocenters. The Morgan fingerprint density at radius 2 is 1.89 bits per heavy atom. The molecular weight excluding hydrogens is 626 g/mol. The first-order valence-electron chi connectivity index (χ1n) is 16.4. The van der Waals surface area contributed by atoms with E-state index < -0.39 is 0 Å². The third-order valence-corrected chi connectivity index (χ3v) is 11.5. The lowest BCUT2D eigenvalue weighted by Gasteiger charge is -2.26. The van der Waals surface area contributed by atoms with Crippen molar-refractivity contribution in [3.8, 4) is 21.7 Å². The highest BCUT2D eigenvalue weighted by Crippen LogP contribution is 2.42. The molecule has 10 heteroatoms. The number of hydrogen-bond donors (Lipinski definition) is 1. The SMILES string of the molecule is Cc1c(-c2nc3c(s2)CN(C(=O)CN(C)C)C3)cccc1-c1cccc(Nc2nccc3cc(CN4CC5CCC4C5)cnc23)c1Cl. The zero-order chi connectivity index (χ0) is 32.2. The molecule has 0 spiro atoms. The van der Waals surface area contributed by atoms with Crippen molar-refractivity contribution in [3.63, 3.8) is 0 Å². The number of carbonyl (C=O) groups is 1. The van der Waals surface area contributed by atoms with Crippen molar-refractivity contribution >= 4 is 51.3 Å². The molecule has 1 aliphatic carbocycles. The van der Waals surface area contributed by atoms with Crippen LogP contribution >= 0.6 is 22.9 Å². The van der Waals surface area contributed by atoms with Gasteiger partial charge in [0.2, 0.25) is 5.91 Å². The number of nitrogens with zero attached hydrogens (tertiary/aromatic N) is 6. The molecule has 1 saturated heterocycles. The van der Waals surface area contributed by atoms with Crippen LogP contribution in [0.5, 0.6) is 0 Å². The molecule has 3 aromatic heterocycles. The number of rotatable bonds is 8. The monoisotopic (exact) mass is 663 g/mol. The summed E-state index contributed by atoms with van der Waals surface area (Å²) in [4.78, 5) is 34.7. The number of benzene rings is 2. The molecule has 47 heavy (non-hydrogen) atoms. The fraction of sp³-hybridized carbons (Fsp3) is 0.351. The highest BCUT2D eigenvalue weighted by molar-refractivity contribution is 7.15. The molecule has 5 heterocycles. The van der Waals surface area contributed by atoms with Gasteiger partial charge in [0.1, 0.15) is 10.5 Å². The molecule has 1 N–H and O–H groups in total. The second-order valence-corrected chi connectivity index (χ2v) is 14.9. The summed E-state index contributed by atoms with van der Waals surface area (Å²) in [5, 5.41) is 6.17. The van der Waals surface area contributed by atoms with Crippen LogP contribution in [0.2, 0.25) is 5.02 Å². The number of nitrogens with one attached hydrogen (secondary N) is 1. The van der Waals surface area contributed by atoms with Crippen LogP contribution in [-0.2, 0) is 24.4 Å². The van der Waals surface area contributed by atoms with E-state index in [0.29, 0.717) is 30.5 Å². The van der Waals surface area contributed by atoms with Gasteiger partial charge in [-0.2, -0.15) is 0 Å². The Bertz CT molecular complexity index is 1990. The highest BCUT2D eigenvalue weighted by Gasteiger charge is 2.37. The highest BCUT2D eigenvalue weighted by atomic mass is 35.5. The number of hydrogen-bond acceptors (Lipinski definition) is 8. The van der Waals surface area contributed by atoms with E-state index in [1.54, 1.807) is 11.3 Å². The Labute approximate surface area is 284 Å². The number of carbonyl (C=O) groups excluding carboxylic acids is 1. The van der Waals surface area contributed by atoms with E-state index in [9.17, 15) is 4.79 Å². The van der Waals surface area contributed by atoms with Crippen LogP contribution in [0, 0.1) is 12.8 Å². The summed E-state index contributed by atoms with van der Waals surface area (Å²) in [7, 11) is 3.83. The topological polar surface area (TPSA) is 77.5 Å². The number of likely N-dealkylation sites (tertiary alicyclic amines) is 1. The molecule has 8 nitrogen and oxygen atoms in total. The lowest BCUT2D eigenvalue weighted by Crippen LogP contribution is -2.34. The molecule has 8 rings (SSSR count). The second kappa shape index (κ2) is 12.3. The summed E-state index contributed by atoms with van der Waals surface area (Å²) >= 11 is 8.81. The van der Waals surface area contributed by atoms with Crippen LogP contribution in [0.3, 0.4) is 0 Å². The van der Waals surface area contributed by atoms with Gasteiger partial charge in [0.15, 0.2) is 5.82 Å². The third-order valence-electron chi connectivity index (χ3n) is 9.93. The Morgan fingerprint density at radius 3 is 2.68 bits per heavy atom. The van der Waals surface area contributed by atoms with Crippen LogP contribution in [0.15, 0.2) is 60.9 Å². The van der Waals surface area contributed by atoms with Crippen molar-refractivity contribution in [1.82, 2.24) is 29.7 Å². The summed E-state index contributed by atoms with van der Waals surface area (Å²) < 4.78 is 0. The maximum absolute atomic E-state index is 12.6. The smallest absolute Gasteiger partial charge is 0.237 e. The molecule has 3 aliphatic rings. The fourth-order valence-electron chi connectivity index (χ4n) is 7.56. The van der Waals surface area contributed by atoms with Crippen LogP contribution < -0.4 is 5.32 Å². The Morgan fingerprint density at radius 1 is 1.06 bits per heavy atom. The predicted octanol–water partition coefficient (Wildman–Crippen LogP) is 7.51. The summed E-state index contributed by atoms with van der Waals surface area (Å²) in [6.45, 7) is 5.89. The number of fused-ring (bicyclic) bond motifs is 4. The standard InChI is InChI=1S/C37H38ClN7OS/c1-22-27(6-4-7-28(22)37-42-31-19-45(20-32(31)47-37)33(46)21-43(2)3)29-8-5-9-30(34(29)38)41-36-35-25(12-13-39-36)14-24(16-40-35)18-44-17-23-10-11-26(44)15-23/h4-9,12-14,16,23,26H,10-11,15,17-21H2,1-3H3,(H,39,41). The minimum atomic E-state index is 0.131. The van der Waals surface area contributed by atoms with Crippen molar-refractivity contribution in [3.05, 3.63) is 87.6 Å². The van der Waals surface area contributed by atoms with Gasteiger partial charge in [-0.15, -0.1) is 11.3 Å². The van der Waals surface area contributed by atoms with Crippen LogP contribution in [0.1, 0.15) is 41.0 Å². The van der Waals surface area contributed by atoms with E-state index in [-0.39, 0.29) is 5.91 Å². The quantitative estimate of drug-likeness (QED) is 0.184. The maximum atomic E-state index is 12.6. The molecular formula is C37H38ClN7OS. The average molecular weight is 664 g/mol.